The molecule has 1 heterocycles. The van der Waals surface area contributed by atoms with E-state index in [-0.39, 0.29) is 0 Å². The van der Waals surface area contributed by atoms with Crippen LogP contribution in [0.15, 0.2) is 24.3 Å². The average Bonchev–Trinajstić information content (AvgIpc) is 2.93. The van der Waals surface area contributed by atoms with E-state index < -0.39 is 0 Å². The first-order valence-electron chi connectivity index (χ1n) is 7.74. The van der Waals surface area contributed by atoms with Crippen molar-refractivity contribution in [2.75, 3.05) is 19.8 Å². The zero-order valence-corrected chi connectivity index (χ0v) is 12.7. The van der Waals surface area contributed by atoms with Gasteiger partial charge in [0.1, 0.15) is 0 Å². The largest absolute Gasteiger partial charge is 0.376 e. The first-order valence-corrected chi connectivity index (χ1v) is 7.74. The molecule has 20 heavy (non-hydrogen) atoms. The fourth-order valence-electron chi connectivity index (χ4n) is 2.39. The van der Waals surface area contributed by atoms with E-state index in [1.54, 1.807) is 0 Å². The number of nitrogens with one attached hydrogen (secondary N) is 1. The molecule has 1 aromatic rings. The monoisotopic (exact) mass is 277 g/mol. The number of benzene rings is 1. The lowest BCUT2D eigenvalue weighted by Gasteiger charge is -2.11. The summed E-state index contributed by atoms with van der Waals surface area (Å²) in [7, 11) is 0. The Hall–Kier alpha value is -0.900. The van der Waals surface area contributed by atoms with Crippen LogP contribution in [0.4, 0.5) is 0 Å². The fourth-order valence-corrected chi connectivity index (χ4v) is 2.39. The highest BCUT2D eigenvalue weighted by molar-refractivity contribution is 5.22. The van der Waals surface area contributed by atoms with E-state index in [1.807, 2.05) is 0 Å². The molecular formula is C17H27NO2. The summed E-state index contributed by atoms with van der Waals surface area (Å²) in [6.45, 7) is 7.69. The Morgan fingerprint density at radius 1 is 1.25 bits per heavy atom. The second-order valence-corrected chi connectivity index (χ2v) is 5.83. The quantitative estimate of drug-likeness (QED) is 0.792. The molecule has 3 heteroatoms. The van der Waals surface area contributed by atoms with Gasteiger partial charge >= 0.3 is 0 Å². The van der Waals surface area contributed by atoms with E-state index in [1.165, 1.54) is 17.5 Å². The molecule has 1 unspecified atom stereocenters. The summed E-state index contributed by atoms with van der Waals surface area (Å²) in [4.78, 5) is 0. The molecule has 1 aromatic carbocycles. The maximum Gasteiger partial charge on any atom is 0.0809 e. The maximum absolute atomic E-state index is 5.72. The van der Waals surface area contributed by atoms with Crippen LogP contribution in [0.25, 0.3) is 0 Å². The zero-order chi connectivity index (χ0) is 14.2. The minimum Gasteiger partial charge on any atom is -0.376 e. The lowest BCUT2D eigenvalue weighted by atomic mass is 10.1. The first-order chi connectivity index (χ1) is 9.74. The molecule has 0 spiro atoms. The Morgan fingerprint density at radius 2 is 2.00 bits per heavy atom. The van der Waals surface area contributed by atoms with Gasteiger partial charge in [-0.15, -0.1) is 0 Å². The molecule has 1 aliphatic heterocycles. The summed E-state index contributed by atoms with van der Waals surface area (Å²) in [5.74, 6) is 0. The second-order valence-electron chi connectivity index (χ2n) is 5.83. The van der Waals surface area contributed by atoms with Crippen LogP contribution >= 0.6 is 0 Å². The average molecular weight is 277 g/mol. The smallest absolute Gasteiger partial charge is 0.0809 e. The third-order valence-electron chi connectivity index (χ3n) is 3.59. The topological polar surface area (TPSA) is 30.5 Å². The molecule has 0 amide bonds. The van der Waals surface area contributed by atoms with Crippen LogP contribution < -0.4 is 5.32 Å². The molecule has 112 valence electrons. The van der Waals surface area contributed by atoms with Crippen molar-refractivity contribution in [1.82, 2.24) is 5.32 Å². The molecule has 1 aliphatic rings. The summed E-state index contributed by atoms with van der Waals surface area (Å²) < 4.78 is 11.3. The molecule has 0 saturated carbocycles. The fraction of sp³-hybridized carbons (Fsp3) is 0.647. The SMILES string of the molecule is CC(C)NCCc1ccc(COCC2CCCO2)cc1. The molecule has 0 aliphatic carbocycles. The standard InChI is InChI=1S/C17H27NO2/c1-14(2)18-10-9-15-5-7-16(8-6-15)12-19-13-17-4-3-11-20-17/h5-8,14,17-18H,3-4,9-13H2,1-2H3. The highest BCUT2D eigenvalue weighted by Gasteiger charge is 2.15. The Morgan fingerprint density at radius 3 is 2.65 bits per heavy atom. The van der Waals surface area contributed by atoms with Gasteiger partial charge in [0, 0.05) is 12.6 Å². The van der Waals surface area contributed by atoms with Gasteiger partial charge in [-0.25, -0.2) is 0 Å². The molecule has 3 nitrogen and oxygen atoms in total. The van der Waals surface area contributed by atoms with Gasteiger partial charge in [-0.3, -0.25) is 0 Å². The summed E-state index contributed by atoms with van der Waals surface area (Å²) in [6.07, 6.45) is 3.71. The van der Waals surface area contributed by atoms with Crippen molar-refractivity contribution in [1.29, 1.82) is 0 Å². The van der Waals surface area contributed by atoms with Crippen LogP contribution in [-0.4, -0.2) is 31.9 Å². The summed E-state index contributed by atoms with van der Waals surface area (Å²) >= 11 is 0. The number of hydrogen-bond donors (Lipinski definition) is 1. The normalized spacial score (nSPS) is 18.9. The lowest BCUT2D eigenvalue weighted by Crippen LogP contribution is -2.24. The second kappa shape index (κ2) is 8.40. The maximum atomic E-state index is 5.72. The van der Waals surface area contributed by atoms with Gasteiger partial charge in [0.05, 0.1) is 19.3 Å². The van der Waals surface area contributed by atoms with Crippen LogP contribution in [-0.2, 0) is 22.5 Å². The molecule has 1 saturated heterocycles. The van der Waals surface area contributed by atoms with Crippen molar-refractivity contribution < 1.29 is 9.47 Å². The van der Waals surface area contributed by atoms with Gasteiger partial charge in [-0.05, 0) is 36.9 Å². The van der Waals surface area contributed by atoms with Crippen LogP contribution in [0.5, 0.6) is 0 Å². The van der Waals surface area contributed by atoms with Gasteiger partial charge in [0.15, 0.2) is 0 Å². The van der Waals surface area contributed by atoms with Crippen molar-refractivity contribution in [3.8, 4) is 0 Å². The number of hydrogen-bond acceptors (Lipinski definition) is 3. The molecule has 0 bridgehead atoms. The first kappa shape index (κ1) is 15.5. The highest BCUT2D eigenvalue weighted by Crippen LogP contribution is 2.13. The van der Waals surface area contributed by atoms with Crippen LogP contribution in [0.2, 0.25) is 0 Å². The van der Waals surface area contributed by atoms with Crippen LogP contribution in [0.3, 0.4) is 0 Å². The Bertz CT molecular complexity index is 369. The third kappa shape index (κ3) is 5.61. The summed E-state index contributed by atoms with van der Waals surface area (Å²) in [5.41, 5.74) is 2.62. The van der Waals surface area contributed by atoms with Gasteiger partial charge in [-0.1, -0.05) is 38.1 Å². The van der Waals surface area contributed by atoms with E-state index in [4.69, 9.17) is 9.47 Å². The lowest BCUT2D eigenvalue weighted by molar-refractivity contribution is 0.0106. The van der Waals surface area contributed by atoms with Crippen LogP contribution in [0, 0.1) is 0 Å². The van der Waals surface area contributed by atoms with E-state index in [0.29, 0.717) is 18.8 Å². The molecule has 1 fully saturated rings. The minimum absolute atomic E-state index is 0.316. The van der Waals surface area contributed by atoms with E-state index in [2.05, 4.69) is 43.4 Å². The summed E-state index contributed by atoms with van der Waals surface area (Å²) in [6, 6.07) is 9.29. The van der Waals surface area contributed by atoms with Crippen molar-refractivity contribution in [3.05, 3.63) is 35.4 Å². The van der Waals surface area contributed by atoms with Gasteiger partial charge in [-0.2, -0.15) is 0 Å². The van der Waals surface area contributed by atoms with E-state index >= 15 is 0 Å². The van der Waals surface area contributed by atoms with Crippen LogP contribution in [0.1, 0.15) is 37.8 Å². The van der Waals surface area contributed by atoms with Crippen molar-refractivity contribution in [2.45, 2.75) is 51.9 Å². The van der Waals surface area contributed by atoms with Gasteiger partial charge in [0.2, 0.25) is 0 Å². The predicted octanol–water partition coefficient (Wildman–Crippen LogP) is 2.92. The number of ether oxygens (including phenoxy) is 2. The molecule has 1 atom stereocenters. The van der Waals surface area contributed by atoms with Crippen molar-refractivity contribution in [3.63, 3.8) is 0 Å². The van der Waals surface area contributed by atoms with Gasteiger partial charge < -0.3 is 14.8 Å². The molecule has 0 aromatic heterocycles. The van der Waals surface area contributed by atoms with Gasteiger partial charge in [0.25, 0.3) is 0 Å². The Kier molecular flexibility index (Phi) is 6.51. The van der Waals surface area contributed by atoms with Crippen molar-refractivity contribution in [2.24, 2.45) is 0 Å². The number of rotatable bonds is 8. The minimum atomic E-state index is 0.316. The Labute approximate surface area is 122 Å². The molecule has 1 N–H and O–H groups in total. The van der Waals surface area contributed by atoms with E-state index in [0.717, 1.165) is 32.6 Å². The molecule has 2 rings (SSSR count). The van der Waals surface area contributed by atoms with Crippen molar-refractivity contribution >= 4 is 0 Å². The Balaban J connectivity index is 1.65. The highest BCUT2D eigenvalue weighted by atomic mass is 16.5. The summed E-state index contributed by atoms with van der Waals surface area (Å²) in [5, 5.41) is 3.44. The molecule has 0 radical (unpaired) electrons. The van der Waals surface area contributed by atoms with E-state index in [9.17, 15) is 0 Å². The predicted molar refractivity (Wildman–Crippen MR) is 81.9 cm³/mol. The third-order valence-corrected chi connectivity index (χ3v) is 3.59. The zero-order valence-electron chi connectivity index (χ0n) is 12.7. The molecular weight excluding hydrogens is 250 g/mol.